The first-order valence-electron chi connectivity index (χ1n) is 8.46. The summed E-state index contributed by atoms with van der Waals surface area (Å²) in [6.07, 6.45) is 1.74. The first-order valence-corrected chi connectivity index (χ1v) is 8.87. The van der Waals surface area contributed by atoms with Crippen LogP contribution in [0.15, 0.2) is 0 Å². The number of hydrogen-bond donors (Lipinski definition) is 2. The Morgan fingerprint density at radius 2 is 2.12 bits per heavy atom. The molecule has 2 N–H and O–H groups in total. The van der Waals surface area contributed by atoms with Crippen molar-refractivity contribution in [3.8, 4) is 0 Å². The molecule has 1 aromatic heterocycles. The number of H-pyrrole nitrogens is 1. The summed E-state index contributed by atoms with van der Waals surface area (Å²) < 4.78 is 7.84. The highest BCUT2D eigenvalue weighted by atomic mass is 32.1. The van der Waals surface area contributed by atoms with Crippen LogP contribution in [0.2, 0.25) is 0 Å². The topological polar surface area (TPSA) is 92.2 Å². The van der Waals surface area contributed by atoms with Crippen molar-refractivity contribution in [2.75, 3.05) is 13.6 Å². The molecule has 1 atom stereocenters. The molecule has 0 saturated heterocycles. The van der Waals surface area contributed by atoms with Crippen LogP contribution in [-0.2, 0) is 16.1 Å². The third kappa shape index (κ3) is 5.55. The lowest BCUT2D eigenvalue weighted by Crippen LogP contribution is -2.40. The number of rotatable bonds is 6. The van der Waals surface area contributed by atoms with E-state index in [0.29, 0.717) is 17.4 Å². The Labute approximate surface area is 152 Å². The van der Waals surface area contributed by atoms with Crippen LogP contribution in [0.5, 0.6) is 0 Å². The number of carbonyl (C=O) groups excluding carboxylic acids is 2. The lowest BCUT2D eigenvalue weighted by atomic mass is 10.1. The number of amides is 2. The van der Waals surface area contributed by atoms with Gasteiger partial charge in [0.25, 0.3) is 0 Å². The van der Waals surface area contributed by atoms with E-state index in [-0.39, 0.29) is 18.4 Å². The van der Waals surface area contributed by atoms with E-state index >= 15 is 0 Å². The van der Waals surface area contributed by atoms with Crippen LogP contribution in [0.25, 0.3) is 0 Å². The van der Waals surface area contributed by atoms with E-state index in [1.165, 1.54) is 4.90 Å². The minimum atomic E-state index is -0.560. The van der Waals surface area contributed by atoms with E-state index in [2.05, 4.69) is 15.5 Å². The summed E-state index contributed by atoms with van der Waals surface area (Å²) in [5.74, 6) is 0.217. The van der Waals surface area contributed by atoms with Gasteiger partial charge >= 0.3 is 6.09 Å². The van der Waals surface area contributed by atoms with Crippen LogP contribution in [0, 0.1) is 10.7 Å². The van der Waals surface area contributed by atoms with Crippen molar-refractivity contribution < 1.29 is 14.3 Å². The van der Waals surface area contributed by atoms with Gasteiger partial charge in [-0.2, -0.15) is 5.10 Å². The second kappa shape index (κ2) is 7.55. The number of nitrogens with zero attached hydrogens (tertiary/aromatic N) is 3. The molecule has 0 bridgehead atoms. The summed E-state index contributed by atoms with van der Waals surface area (Å²) in [6, 6.07) is 0.397. The van der Waals surface area contributed by atoms with Crippen molar-refractivity contribution >= 4 is 24.2 Å². The van der Waals surface area contributed by atoms with Crippen LogP contribution in [0.3, 0.4) is 0 Å². The Balaban J connectivity index is 1.84. The molecule has 2 amide bonds. The summed E-state index contributed by atoms with van der Waals surface area (Å²) in [7, 11) is 1.62. The van der Waals surface area contributed by atoms with E-state index in [4.69, 9.17) is 17.0 Å². The van der Waals surface area contributed by atoms with Gasteiger partial charge in [0.15, 0.2) is 10.6 Å². The summed E-state index contributed by atoms with van der Waals surface area (Å²) in [5, 5.41) is 9.82. The molecule has 1 aromatic rings. The fraction of sp³-hybridized carbons (Fsp3) is 0.750. The van der Waals surface area contributed by atoms with Gasteiger partial charge in [-0.25, -0.2) is 4.79 Å². The summed E-state index contributed by atoms with van der Waals surface area (Å²) in [4.78, 5) is 25.7. The highest BCUT2D eigenvalue weighted by molar-refractivity contribution is 7.71. The van der Waals surface area contributed by atoms with E-state index < -0.39 is 11.7 Å². The molecule has 0 unspecified atom stereocenters. The zero-order valence-corrected chi connectivity index (χ0v) is 16.3. The Kier molecular flexibility index (Phi) is 5.87. The van der Waals surface area contributed by atoms with Gasteiger partial charge in [0.1, 0.15) is 5.60 Å². The number of ether oxygens (including phenoxy) is 1. The van der Waals surface area contributed by atoms with E-state index in [9.17, 15) is 9.59 Å². The first-order chi connectivity index (χ1) is 11.6. The molecule has 1 aliphatic rings. The zero-order valence-electron chi connectivity index (χ0n) is 15.5. The van der Waals surface area contributed by atoms with E-state index in [1.54, 1.807) is 34.7 Å². The number of aromatic amines is 1. The predicted molar refractivity (Wildman–Crippen MR) is 95.6 cm³/mol. The van der Waals surface area contributed by atoms with Crippen LogP contribution in [0.1, 0.15) is 52.4 Å². The Hall–Kier alpha value is -1.90. The van der Waals surface area contributed by atoms with Gasteiger partial charge in [0, 0.05) is 19.6 Å². The standard InChI is InChI=1S/C16H27N5O3S/c1-10(9-20(5)15(23)24-16(2,3)4)13(22)17-8-12-18-19-14(25)21(12)11-6-7-11/h10-11H,6-9H2,1-5H3,(H,17,22)(H,19,25)/t10-/m1/s1. The molecule has 25 heavy (non-hydrogen) atoms. The minimum Gasteiger partial charge on any atom is -0.444 e. The quantitative estimate of drug-likeness (QED) is 0.751. The lowest BCUT2D eigenvalue weighted by molar-refractivity contribution is -0.125. The molecule has 0 aliphatic heterocycles. The number of nitrogens with one attached hydrogen (secondary N) is 2. The van der Waals surface area contributed by atoms with Gasteiger partial charge in [-0.15, -0.1) is 0 Å². The number of hydrogen-bond acceptors (Lipinski definition) is 5. The third-order valence-corrected chi connectivity index (χ3v) is 4.10. The maximum atomic E-state index is 12.3. The van der Waals surface area contributed by atoms with Crippen molar-refractivity contribution in [1.29, 1.82) is 0 Å². The Bertz CT molecular complexity index is 687. The van der Waals surface area contributed by atoms with Crippen molar-refractivity contribution in [2.24, 2.45) is 5.92 Å². The fourth-order valence-electron chi connectivity index (χ4n) is 2.42. The SMILES string of the molecule is C[C@H](CN(C)C(=O)OC(C)(C)C)C(=O)NCc1n[nH]c(=S)n1C1CC1. The first kappa shape index (κ1) is 19.4. The van der Waals surface area contributed by atoms with Crippen LogP contribution < -0.4 is 5.32 Å². The van der Waals surface area contributed by atoms with Crippen LogP contribution in [-0.4, -0.2) is 50.9 Å². The van der Waals surface area contributed by atoms with Crippen LogP contribution >= 0.6 is 12.2 Å². The largest absolute Gasteiger partial charge is 0.444 e. The molecule has 1 heterocycles. The molecule has 0 radical (unpaired) electrons. The smallest absolute Gasteiger partial charge is 0.410 e. The maximum absolute atomic E-state index is 12.3. The molecule has 8 nitrogen and oxygen atoms in total. The Morgan fingerprint density at radius 1 is 1.48 bits per heavy atom. The van der Waals surface area contributed by atoms with E-state index in [1.807, 2.05) is 4.57 Å². The predicted octanol–water partition coefficient (Wildman–Crippen LogP) is 2.39. The number of aromatic nitrogens is 3. The minimum absolute atomic E-state index is 0.147. The third-order valence-electron chi connectivity index (χ3n) is 3.81. The second-order valence-electron chi connectivity index (χ2n) is 7.53. The molecule has 0 spiro atoms. The highest BCUT2D eigenvalue weighted by Crippen LogP contribution is 2.35. The molecule has 1 fully saturated rings. The average molecular weight is 369 g/mol. The summed E-state index contributed by atoms with van der Waals surface area (Å²) in [5.41, 5.74) is -0.560. The van der Waals surface area contributed by atoms with Gasteiger partial charge in [0.2, 0.25) is 5.91 Å². The fourth-order valence-corrected chi connectivity index (χ4v) is 2.72. The van der Waals surface area contributed by atoms with Crippen molar-refractivity contribution in [1.82, 2.24) is 25.0 Å². The van der Waals surface area contributed by atoms with Crippen molar-refractivity contribution in [2.45, 2.75) is 58.7 Å². The molecule has 1 aliphatic carbocycles. The molecule has 1 saturated carbocycles. The Morgan fingerprint density at radius 3 is 2.68 bits per heavy atom. The number of carbonyl (C=O) groups is 2. The highest BCUT2D eigenvalue weighted by Gasteiger charge is 2.28. The molecule has 9 heteroatoms. The van der Waals surface area contributed by atoms with Gasteiger partial charge in [-0.1, -0.05) is 6.92 Å². The van der Waals surface area contributed by atoms with Crippen molar-refractivity contribution in [3.63, 3.8) is 0 Å². The normalized spacial score (nSPS) is 15.6. The van der Waals surface area contributed by atoms with E-state index in [0.717, 1.165) is 18.7 Å². The van der Waals surface area contributed by atoms with Gasteiger partial charge in [-0.05, 0) is 45.8 Å². The molecular formula is C16H27N5O3S. The molecular weight excluding hydrogens is 342 g/mol. The lowest BCUT2D eigenvalue weighted by Gasteiger charge is -2.26. The van der Waals surface area contributed by atoms with Gasteiger partial charge in [0.05, 0.1) is 12.5 Å². The van der Waals surface area contributed by atoms with Crippen LogP contribution in [0.4, 0.5) is 4.79 Å². The maximum Gasteiger partial charge on any atom is 0.410 e. The summed E-state index contributed by atoms with van der Waals surface area (Å²) in [6.45, 7) is 7.78. The second-order valence-corrected chi connectivity index (χ2v) is 7.91. The molecule has 2 rings (SSSR count). The summed E-state index contributed by atoms with van der Waals surface area (Å²) >= 11 is 5.22. The molecule has 140 valence electrons. The molecule has 0 aromatic carbocycles. The zero-order chi connectivity index (χ0) is 18.8. The van der Waals surface area contributed by atoms with Gasteiger partial charge < -0.3 is 15.0 Å². The van der Waals surface area contributed by atoms with Gasteiger partial charge in [-0.3, -0.25) is 14.5 Å². The monoisotopic (exact) mass is 369 g/mol. The van der Waals surface area contributed by atoms with Crippen molar-refractivity contribution in [3.05, 3.63) is 10.6 Å². The average Bonchev–Trinajstić information content (AvgIpc) is 3.26.